The van der Waals surface area contributed by atoms with E-state index in [2.05, 4.69) is 10.3 Å². The number of Topliss-reactive ketones (excluding diaryl/α,β-unsaturated/α-hetero) is 1. The molecule has 0 saturated carbocycles. The van der Waals surface area contributed by atoms with Crippen molar-refractivity contribution in [2.24, 2.45) is 0 Å². The van der Waals surface area contributed by atoms with E-state index < -0.39 is 17.5 Å². The van der Waals surface area contributed by atoms with E-state index in [1.165, 1.54) is 0 Å². The molecule has 1 amide bonds. The van der Waals surface area contributed by atoms with Crippen LogP contribution in [0.5, 0.6) is 0 Å². The first kappa shape index (κ1) is 17.9. The lowest BCUT2D eigenvalue weighted by Gasteiger charge is -2.30. The van der Waals surface area contributed by atoms with Crippen molar-refractivity contribution in [3.8, 4) is 0 Å². The molecular weight excluding hydrogens is 330 g/mol. The molecule has 0 radical (unpaired) electrons. The van der Waals surface area contributed by atoms with E-state index in [9.17, 15) is 14.7 Å². The summed E-state index contributed by atoms with van der Waals surface area (Å²) < 4.78 is 5.21. The largest absolute Gasteiger partial charge is 0.510 e. The van der Waals surface area contributed by atoms with Gasteiger partial charge >= 0.3 is 6.09 Å². The summed E-state index contributed by atoms with van der Waals surface area (Å²) in [5.41, 5.74) is -0.689. The quantitative estimate of drug-likeness (QED) is 0.792. The zero-order valence-electron chi connectivity index (χ0n) is 13.7. The Morgan fingerprint density at radius 3 is 2.62 bits per heavy atom. The Hall–Kier alpha value is -2.48. The van der Waals surface area contributed by atoms with Crippen molar-refractivity contribution in [2.75, 3.05) is 18.4 Å². The number of ether oxygens (including phenoxy) is 1. The molecule has 0 fully saturated rings. The first-order valence-electron chi connectivity index (χ1n) is 7.33. The molecule has 1 aromatic rings. The number of hydrogen-bond donors (Lipinski definition) is 2. The standard InChI is InChI=1S/C16H19N3O4S/c1-16(2,3)23-15(22)19-8-10(20)13(11(21)9-19)14(24)18-12-6-4-5-7-17-12/h4-7,20H,8-9H2,1-3H3,(H,17,18,24). The number of hydrogen-bond acceptors (Lipinski definition) is 6. The second-order valence-electron chi connectivity index (χ2n) is 6.25. The zero-order chi connectivity index (χ0) is 17.9. The van der Waals surface area contributed by atoms with Crippen molar-refractivity contribution in [2.45, 2.75) is 26.4 Å². The number of pyridine rings is 1. The van der Waals surface area contributed by atoms with Gasteiger partial charge in [-0.15, -0.1) is 0 Å². The van der Waals surface area contributed by atoms with Gasteiger partial charge in [0, 0.05) is 6.20 Å². The van der Waals surface area contributed by atoms with Crippen molar-refractivity contribution >= 4 is 34.9 Å². The van der Waals surface area contributed by atoms with E-state index in [0.717, 1.165) is 4.90 Å². The number of aliphatic hydroxyl groups is 1. The van der Waals surface area contributed by atoms with Gasteiger partial charge in [0.25, 0.3) is 0 Å². The van der Waals surface area contributed by atoms with Crippen LogP contribution in [0.2, 0.25) is 0 Å². The minimum absolute atomic E-state index is 0.00420. The number of carbonyl (C=O) groups excluding carboxylic acids is 2. The van der Waals surface area contributed by atoms with Crippen LogP contribution < -0.4 is 5.32 Å². The minimum atomic E-state index is -0.685. The maximum atomic E-state index is 12.3. The van der Waals surface area contributed by atoms with Gasteiger partial charge in [-0.2, -0.15) is 0 Å². The highest BCUT2D eigenvalue weighted by Crippen LogP contribution is 2.19. The second kappa shape index (κ2) is 6.96. The minimum Gasteiger partial charge on any atom is -0.510 e. The Labute approximate surface area is 145 Å². The zero-order valence-corrected chi connectivity index (χ0v) is 14.5. The van der Waals surface area contributed by atoms with Gasteiger partial charge in [-0.1, -0.05) is 18.3 Å². The highest BCUT2D eigenvalue weighted by Gasteiger charge is 2.33. The molecule has 24 heavy (non-hydrogen) atoms. The summed E-state index contributed by atoms with van der Waals surface area (Å²) in [7, 11) is 0. The van der Waals surface area contributed by atoms with Crippen LogP contribution in [0.4, 0.5) is 10.6 Å². The molecule has 0 atom stereocenters. The third kappa shape index (κ3) is 4.51. The summed E-state index contributed by atoms with van der Waals surface area (Å²) in [5.74, 6) is -0.270. The van der Waals surface area contributed by atoms with Crippen molar-refractivity contribution < 1.29 is 19.4 Å². The number of anilines is 1. The third-order valence-electron chi connectivity index (χ3n) is 3.03. The number of nitrogens with one attached hydrogen (secondary N) is 1. The lowest BCUT2D eigenvalue weighted by Crippen LogP contribution is -2.45. The molecule has 1 aromatic heterocycles. The maximum absolute atomic E-state index is 12.3. The molecule has 0 bridgehead atoms. The summed E-state index contributed by atoms with van der Waals surface area (Å²) in [6.45, 7) is 4.83. The predicted octanol–water partition coefficient (Wildman–Crippen LogP) is 2.45. The fraction of sp³-hybridized carbons (Fsp3) is 0.375. The highest BCUT2D eigenvalue weighted by atomic mass is 32.1. The van der Waals surface area contributed by atoms with Crippen LogP contribution in [0.15, 0.2) is 35.7 Å². The van der Waals surface area contributed by atoms with Gasteiger partial charge in [0.05, 0.1) is 18.7 Å². The first-order valence-corrected chi connectivity index (χ1v) is 7.74. The van der Waals surface area contributed by atoms with Crippen LogP contribution in [0.3, 0.4) is 0 Å². The molecule has 0 aliphatic carbocycles. The van der Waals surface area contributed by atoms with Crippen LogP contribution in [-0.4, -0.2) is 50.5 Å². The van der Waals surface area contributed by atoms with E-state index >= 15 is 0 Å². The first-order chi connectivity index (χ1) is 11.2. The lowest BCUT2D eigenvalue weighted by molar-refractivity contribution is -0.117. The molecule has 2 rings (SSSR count). The fourth-order valence-electron chi connectivity index (χ4n) is 2.06. The SMILES string of the molecule is CC(C)(C)OC(=O)N1CC(=O)C(C(=S)Nc2ccccn2)=C(O)C1. The average Bonchev–Trinajstić information content (AvgIpc) is 2.45. The van der Waals surface area contributed by atoms with Gasteiger partial charge < -0.3 is 15.2 Å². The number of ketones is 1. The summed E-state index contributed by atoms with van der Waals surface area (Å²) in [4.78, 5) is 29.6. The normalized spacial score (nSPS) is 15.3. The summed E-state index contributed by atoms with van der Waals surface area (Å²) in [5, 5.41) is 13.0. The van der Waals surface area contributed by atoms with Crippen LogP contribution in [0.25, 0.3) is 0 Å². The monoisotopic (exact) mass is 349 g/mol. The van der Waals surface area contributed by atoms with Crippen LogP contribution in [0.1, 0.15) is 20.8 Å². The van der Waals surface area contributed by atoms with Crippen molar-refractivity contribution in [1.82, 2.24) is 9.88 Å². The van der Waals surface area contributed by atoms with Gasteiger partial charge in [-0.25, -0.2) is 9.78 Å². The van der Waals surface area contributed by atoms with Crippen LogP contribution in [-0.2, 0) is 9.53 Å². The number of carbonyl (C=O) groups is 2. The molecule has 0 unspecified atom stereocenters. The van der Waals surface area contributed by atoms with E-state index in [-0.39, 0.29) is 29.4 Å². The number of nitrogens with zero attached hydrogens (tertiary/aromatic N) is 2. The molecular formula is C16H19N3O4S. The molecule has 128 valence electrons. The number of rotatable bonds is 2. The van der Waals surface area contributed by atoms with Crippen molar-refractivity contribution in [3.63, 3.8) is 0 Å². The molecule has 2 N–H and O–H groups in total. The molecule has 0 saturated heterocycles. The highest BCUT2D eigenvalue weighted by molar-refractivity contribution is 7.81. The smallest absolute Gasteiger partial charge is 0.411 e. The number of aromatic nitrogens is 1. The molecule has 2 heterocycles. The third-order valence-corrected chi connectivity index (χ3v) is 3.33. The lowest BCUT2D eigenvalue weighted by atomic mass is 10.1. The Morgan fingerprint density at radius 2 is 2.08 bits per heavy atom. The molecule has 0 aromatic carbocycles. The summed E-state index contributed by atoms with van der Waals surface area (Å²) in [6.07, 6.45) is 0.914. The molecule has 8 heteroatoms. The summed E-state index contributed by atoms with van der Waals surface area (Å²) in [6, 6.07) is 5.19. The van der Waals surface area contributed by atoms with Crippen LogP contribution in [0, 0.1) is 0 Å². The van der Waals surface area contributed by atoms with Gasteiger partial charge in [0.2, 0.25) is 0 Å². The Kier molecular flexibility index (Phi) is 5.18. The molecule has 1 aliphatic rings. The fourth-order valence-corrected chi connectivity index (χ4v) is 2.39. The van der Waals surface area contributed by atoms with Gasteiger partial charge in [-0.05, 0) is 32.9 Å². The second-order valence-corrected chi connectivity index (χ2v) is 6.66. The van der Waals surface area contributed by atoms with Crippen molar-refractivity contribution in [1.29, 1.82) is 0 Å². The number of thiocarbonyl (C=S) groups is 1. The predicted molar refractivity (Wildman–Crippen MR) is 92.9 cm³/mol. The number of aliphatic hydroxyl groups excluding tert-OH is 1. The van der Waals surface area contributed by atoms with Gasteiger partial charge in [0.15, 0.2) is 5.78 Å². The van der Waals surface area contributed by atoms with E-state index in [4.69, 9.17) is 17.0 Å². The summed E-state index contributed by atoms with van der Waals surface area (Å²) >= 11 is 5.18. The van der Waals surface area contributed by atoms with Gasteiger partial charge in [-0.3, -0.25) is 9.69 Å². The Bertz CT molecular complexity index is 695. The Morgan fingerprint density at radius 1 is 1.38 bits per heavy atom. The molecule has 7 nitrogen and oxygen atoms in total. The average molecular weight is 349 g/mol. The van der Waals surface area contributed by atoms with Gasteiger partial charge in [0.1, 0.15) is 22.2 Å². The number of amides is 1. The van der Waals surface area contributed by atoms with Crippen molar-refractivity contribution in [3.05, 3.63) is 35.7 Å². The van der Waals surface area contributed by atoms with Crippen LogP contribution >= 0.6 is 12.2 Å². The maximum Gasteiger partial charge on any atom is 0.411 e. The van der Waals surface area contributed by atoms with E-state index in [0.29, 0.717) is 5.82 Å². The van der Waals surface area contributed by atoms with E-state index in [1.807, 2.05) is 0 Å². The topological polar surface area (TPSA) is 91.8 Å². The molecule has 1 aliphatic heterocycles. The Balaban J connectivity index is 2.12. The molecule has 0 spiro atoms. The van der Waals surface area contributed by atoms with E-state index in [1.54, 1.807) is 45.2 Å².